The summed E-state index contributed by atoms with van der Waals surface area (Å²) in [5.41, 5.74) is 2.05. The zero-order valence-electron chi connectivity index (χ0n) is 16.8. The maximum atomic E-state index is 12.8. The molecule has 3 aromatic rings. The Morgan fingerprint density at radius 3 is 2.52 bits per heavy atom. The van der Waals surface area contributed by atoms with Crippen LogP contribution in [0.1, 0.15) is 31.7 Å². The Labute approximate surface area is 184 Å². The van der Waals surface area contributed by atoms with Gasteiger partial charge in [-0.3, -0.25) is 4.79 Å². The number of carbonyl (C=O) groups excluding carboxylic acids is 1. The molecule has 6 nitrogen and oxygen atoms in total. The van der Waals surface area contributed by atoms with Crippen molar-refractivity contribution in [1.82, 2.24) is 15.0 Å². The number of halogens is 1. The molecule has 0 N–H and O–H groups in total. The first-order chi connectivity index (χ1) is 14.0. The van der Waals surface area contributed by atoms with Crippen molar-refractivity contribution in [2.24, 2.45) is 0 Å². The predicted octanol–water partition coefficient (Wildman–Crippen LogP) is 4.86. The van der Waals surface area contributed by atoms with Crippen LogP contribution in [-0.2, 0) is 11.3 Å². The number of carbonyl (C=O) groups is 1. The van der Waals surface area contributed by atoms with Crippen molar-refractivity contribution in [3.63, 3.8) is 0 Å². The highest BCUT2D eigenvalue weighted by molar-refractivity contribution is 14.1. The van der Waals surface area contributed by atoms with Crippen molar-refractivity contribution in [3.8, 4) is 17.1 Å². The molecule has 0 fully saturated rings. The molecule has 29 heavy (non-hydrogen) atoms. The van der Waals surface area contributed by atoms with Gasteiger partial charge in [0.1, 0.15) is 12.3 Å². The lowest BCUT2D eigenvalue weighted by molar-refractivity contribution is -0.136. The quantitative estimate of drug-likeness (QED) is 0.410. The summed E-state index contributed by atoms with van der Waals surface area (Å²) in [6.45, 7) is 6.28. The van der Waals surface area contributed by atoms with Crippen LogP contribution in [0, 0.1) is 10.5 Å². The van der Waals surface area contributed by atoms with Crippen molar-refractivity contribution in [1.29, 1.82) is 0 Å². The average molecular weight is 505 g/mol. The highest BCUT2D eigenvalue weighted by Gasteiger charge is 2.23. The molecule has 3 rings (SSSR count). The number of aromatic nitrogens is 2. The largest absolute Gasteiger partial charge is 0.484 e. The number of ether oxygens (including phenoxy) is 1. The van der Waals surface area contributed by atoms with Gasteiger partial charge in [0, 0.05) is 15.2 Å². The Morgan fingerprint density at radius 2 is 1.86 bits per heavy atom. The van der Waals surface area contributed by atoms with Crippen molar-refractivity contribution >= 4 is 28.5 Å². The first-order valence-electron chi connectivity index (χ1n) is 9.53. The fourth-order valence-corrected chi connectivity index (χ4v) is 3.11. The number of rotatable bonds is 8. The zero-order chi connectivity index (χ0) is 20.8. The summed E-state index contributed by atoms with van der Waals surface area (Å²) in [6, 6.07) is 15.5. The van der Waals surface area contributed by atoms with Crippen molar-refractivity contribution in [2.75, 3.05) is 6.61 Å². The predicted molar refractivity (Wildman–Crippen MR) is 119 cm³/mol. The number of benzene rings is 2. The van der Waals surface area contributed by atoms with Crippen LogP contribution in [0.5, 0.6) is 5.75 Å². The summed E-state index contributed by atoms with van der Waals surface area (Å²) in [7, 11) is 0. The van der Waals surface area contributed by atoms with Gasteiger partial charge in [0.2, 0.25) is 11.7 Å². The molecule has 0 saturated carbocycles. The topological polar surface area (TPSA) is 68.5 Å². The number of hydrogen-bond donors (Lipinski definition) is 0. The van der Waals surface area contributed by atoms with Crippen molar-refractivity contribution < 1.29 is 14.1 Å². The third kappa shape index (κ3) is 5.79. The van der Waals surface area contributed by atoms with Gasteiger partial charge in [0.05, 0.1) is 0 Å². The van der Waals surface area contributed by atoms with E-state index >= 15 is 0 Å². The molecule has 0 radical (unpaired) electrons. The summed E-state index contributed by atoms with van der Waals surface area (Å²) in [4.78, 5) is 19.0. The maximum absolute atomic E-state index is 12.8. The van der Waals surface area contributed by atoms with E-state index < -0.39 is 0 Å². The van der Waals surface area contributed by atoms with Gasteiger partial charge in [-0.05, 0) is 67.1 Å². The number of nitrogens with zero attached hydrogens (tertiary/aromatic N) is 3. The Kier molecular flexibility index (Phi) is 7.24. The van der Waals surface area contributed by atoms with Crippen LogP contribution in [0.25, 0.3) is 11.4 Å². The third-order valence-electron chi connectivity index (χ3n) is 4.70. The van der Waals surface area contributed by atoms with E-state index in [9.17, 15) is 4.79 Å². The second-order valence-electron chi connectivity index (χ2n) is 6.90. The second kappa shape index (κ2) is 9.87. The molecule has 1 unspecified atom stereocenters. The molecule has 0 spiro atoms. The Bertz CT molecular complexity index is 939. The third-order valence-corrected chi connectivity index (χ3v) is 5.42. The van der Waals surface area contributed by atoms with E-state index in [1.807, 2.05) is 69.3 Å². The molecular formula is C22H24IN3O3. The minimum Gasteiger partial charge on any atom is -0.484 e. The van der Waals surface area contributed by atoms with Gasteiger partial charge in [-0.2, -0.15) is 4.98 Å². The highest BCUT2D eigenvalue weighted by Crippen LogP contribution is 2.19. The first kappa shape index (κ1) is 21.3. The van der Waals surface area contributed by atoms with Crippen LogP contribution in [-0.4, -0.2) is 33.6 Å². The molecule has 1 amide bonds. The monoisotopic (exact) mass is 505 g/mol. The van der Waals surface area contributed by atoms with E-state index in [0.29, 0.717) is 17.5 Å². The lowest BCUT2D eigenvalue weighted by Gasteiger charge is -2.27. The molecule has 7 heteroatoms. The van der Waals surface area contributed by atoms with E-state index in [2.05, 4.69) is 32.7 Å². The summed E-state index contributed by atoms with van der Waals surface area (Å²) in [6.07, 6.45) is 0.814. The van der Waals surface area contributed by atoms with Crippen LogP contribution < -0.4 is 4.74 Å². The van der Waals surface area contributed by atoms with E-state index in [0.717, 1.165) is 15.6 Å². The average Bonchev–Trinajstić information content (AvgIpc) is 3.20. The summed E-state index contributed by atoms with van der Waals surface area (Å²) in [5, 5.41) is 4.06. The van der Waals surface area contributed by atoms with Crippen molar-refractivity contribution in [3.05, 3.63) is 63.6 Å². The van der Waals surface area contributed by atoms with Crippen molar-refractivity contribution in [2.45, 2.75) is 39.8 Å². The van der Waals surface area contributed by atoms with E-state index in [1.54, 1.807) is 4.90 Å². The molecule has 0 aliphatic rings. The molecule has 152 valence electrons. The lowest BCUT2D eigenvalue weighted by atomic mass is 10.1. The Hall–Kier alpha value is -2.42. The van der Waals surface area contributed by atoms with Gasteiger partial charge in [0.25, 0.3) is 5.91 Å². The fourth-order valence-electron chi connectivity index (χ4n) is 2.75. The minimum atomic E-state index is -0.118. The SMILES string of the molecule is CCC(C)N(Cc1nc(-c2ccc(C)cc2)no1)C(=O)COc1ccc(I)cc1. The minimum absolute atomic E-state index is 0.0255. The fraction of sp³-hybridized carbons (Fsp3) is 0.318. The molecule has 1 atom stereocenters. The summed E-state index contributed by atoms with van der Waals surface area (Å²) in [5.74, 6) is 1.48. The van der Waals surface area contributed by atoms with Crippen LogP contribution >= 0.6 is 22.6 Å². The Morgan fingerprint density at radius 1 is 1.17 bits per heavy atom. The van der Waals surface area contributed by atoms with Crippen LogP contribution in [0.3, 0.4) is 0 Å². The van der Waals surface area contributed by atoms with Crippen LogP contribution in [0.4, 0.5) is 0 Å². The van der Waals surface area contributed by atoms with Gasteiger partial charge < -0.3 is 14.2 Å². The van der Waals surface area contributed by atoms with Gasteiger partial charge >= 0.3 is 0 Å². The molecule has 0 aliphatic carbocycles. The smallest absolute Gasteiger partial charge is 0.261 e. The van der Waals surface area contributed by atoms with Gasteiger partial charge in [-0.25, -0.2) is 0 Å². The number of hydrogen-bond acceptors (Lipinski definition) is 5. The van der Waals surface area contributed by atoms with Crippen LogP contribution in [0.15, 0.2) is 53.1 Å². The van der Waals surface area contributed by atoms with Gasteiger partial charge in [0.15, 0.2) is 6.61 Å². The second-order valence-corrected chi connectivity index (χ2v) is 8.14. The first-order valence-corrected chi connectivity index (χ1v) is 10.6. The molecule has 0 bridgehead atoms. The highest BCUT2D eigenvalue weighted by atomic mass is 127. The summed E-state index contributed by atoms with van der Waals surface area (Å²) < 4.78 is 12.2. The molecule has 2 aromatic carbocycles. The number of aryl methyl sites for hydroxylation is 1. The standard InChI is InChI=1S/C22H24IN3O3/c1-4-16(3)26(21(27)14-28-19-11-9-18(23)10-12-19)13-20-24-22(25-29-20)17-7-5-15(2)6-8-17/h5-12,16H,4,13-14H2,1-3H3. The Balaban J connectivity index is 1.68. The van der Waals surface area contributed by atoms with Gasteiger partial charge in [-0.1, -0.05) is 41.9 Å². The lowest BCUT2D eigenvalue weighted by Crippen LogP contribution is -2.40. The van der Waals surface area contributed by atoms with E-state index in [-0.39, 0.29) is 25.1 Å². The molecule has 0 aliphatic heterocycles. The van der Waals surface area contributed by atoms with E-state index in [4.69, 9.17) is 9.26 Å². The molecule has 1 heterocycles. The summed E-state index contributed by atoms with van der Waals surface area (Å²) >= 11 is 2.23. The van der Waals surface area contributed by atoms with Gasteiger partial charge in [-0.15, -0.1) is 0 Å². The zero-order valence-corrected chi connectivity index (χ0v) is 18.9. The van der Waals surface area contributed by atoms with Crippen LogP contribution in [0.2, 0.25) is 0 Å². The molecule has 1 aromatic heterocycles. The maximum Gasteiger partial charge on any atom is 0.261 e. The van der Waals surface area contributed by atoms with E-state index in [1.165, 1.54) is 5.56 Å². The molecular weight excluding hydrogens is 481 g/mol. The normalized spacial score (nSPS) is 11.9. The molecule has 0 saturated heterocycles. The number of amides is 1.